The molecular weight excluding hydrogens is 318 g/mol. The number of unbranched alkanes of at least 4 members (excludes halogenated alkanes) is 1. The highest BCUT2D eigenvalue weighted by atomic mass is 35.5. The molecule has 1 aliphatic rings. The highest BCUT2D eigenvalue weighted by Crippen LogP contribution is 2.16. The summed E-state index contributed by atoms with van der Waals surface area (Å²) in [5.41, 5.74) is 5.61. The number of nitrogens with one attached hydrogen (secondary N) is 1. The minimum absolute atomic E-state index is 0. The fraction of sp³-hybridized carbons (Fsp3) is 0.667. The van der Waals surface area contributed by atoms with Crippen molar-refractivity contribution in [3.8, 4) is 0 Å². The fourth-order valence-corrected chi connectivity index (χ4v) is 2.67. The van der Waals surface area contributed by atoms with Gasteiger partial charge in [0.15, 0.2) is 0 Å². The van der Waals surface area contributed by atoms with Crippen LogP contribution in [0.2, 0.25) is 0 Å². The molecule has 0 aliphatic carbocycles. The topological polar surface area (TPSA) is 93.2 Å². The van der Waals surface area contributed by atoms with E-state index in [0.717, 1.165) is 38.8 Å². The molecule has 2 rings (SSSR count). The zero-order valence-corrected chi connectivity index (χ0v) is 14.3. The Morgan fingerprint density at radius 2 is 2.30 bits per heavy atom. The van der Waals surface area contributed by atoms with Gasteiger partial charge in [-0.05, 0) is 31.9 Å². The van der Waals surface area contributed by atoms with Crippen LogP contribution in [0.1, 0.15) is 49.1 Å². The van der Waals surface area contributed by atoms with Crippen molar-refractivity contribution in [2.75, 3.05) is 26.2 Å². The Balaban J connectivity index is 0.00000264. The number of hydrogen-bond donors (Lipinski definition) is 2. The molecule has 23 heavy (non-hydrogen) atoms. The van der Waals surface area contributed by atoms with Crippen LogP contribution in [-0.4, -0.2) is 52.7 Å². The van der Waals surface area contributed by atoms with E-state index >= 15 is 0 Å². The van der Waals surface area contributed by atoms with Crippen LogP contribution in [0, 0.1) is 0 Å². The molecule has 0 bridgehead atoms. The van der Waals surface area contributed by atoms with Crippen molar-refractivity contribution < 1.29 is 9.59 Å². The number of carbonyl (C=O) groups excluding carboxylic acids is 2. The van der Waals surface area contributed by atoms with Crippen LogP contribution in [0.4, 0.5) is 0 Å². The van der Waals surface area contributed by atoms with Gasteiger partial charge in [-0.2, -0.15) is 5.10 Å². The predicted octanol–water partition coefficient (Wildman–Crippen LogP) is 0.957. The largest absolute Gasteiger partial charge is 0.368 e. The fourth-order valence-electron chi connectivity index (χ4n) is 2.67. The van der Waals surface area contributed by atoms with Crippen molar-refractivity contribution >= 4 is 24.2 Å². The highest BCUT2D eigenvalue weighted by molar-refractivity contribution is 5.94. The number of rotatable bonds is 7. The van der Waals surface area contributed by atoms with Crippen molar-refractivity contribution in [3.63, 3.8) is 0 Å². The van der Waals surface area contributed by atoms with Crippen molar-refractivity contribution in [3.05, 3.63) is 18.0 Å². The summed E-state index contributed by atoms with van der Waals surface area (Å²) in [5.74, 6) is -0.727. The number of primary amides is 1. The molecule has 7 nitrogen and oxygen atoms in total. The molecule has 0 aromatic carbocycles. The van der Waals surface area contributed by atoms with E-state index in [4.69, 9.17) is 5.73 Å². The molecule has 3 N–H and O–H groups in total. The van der Waals surface area contributed by atoms with Crippen LogP contribution >= 0.6 is 12.4 Å². The zero-order valence-electron chi connectivity index (χ0n) is 13.5. The first-order valence-corrected chi connectivity index (χ1v) is 7.95. The molecule has 0 spiro atoms. The summed E-state index contributed by atoms with van der Waals surface area (Å²) in [6, 6.07) is 2.01. The lowest BCUT2D eigenvalue weighted by Gasteiger charge is -2.23. The van der Waals surface area contributed by atoms with Crippen LogP contribution in [0.5, 0.6) is 0 Å². The van der Waals surface area contributed by atoms with Gasteiger partial charge in [0.1, 0.15) is 5.69 Å². The van der Waals surface area contributed by atoms with Crippen molar-refractivity contribution in [2.45, 2.75) is 38.6 Å². The Labute approximate surface area is 143 Å². The molecule has 0 radical (unpaired) electrons. The number of halogens is 1. The van der Waals surface area contributed by atoms with Gasteiger partial charge in [0, 0.05) is 19.3 Å². The van der Waals surface area contributed by atoms with Gasteiger partial charge >= 0.3 is 0 Å². The lowest BCUT2D eigenvalue weighted by molar-refractivity contribution is -0.118. The van der Waals surface area contributed by atoms with Gasteiger partial charge in [-0.25, -0.2) is 0 Å². The number of piperidine rings is 1. The van der Waals surface area contributed by atoms with Gasteiger partial charge in [-0.15, -0.1) is 12.4 Å². The molecular formula is C15H26ClN5O2. The van der Waals surface area contributed by atoms with Gasteiger partial charge in [-0.1, -0.05) is 13.3 Å². The molecule has 2 heterocycles. The number of aromatic nitrogens is 2. The van der Waals surface area contributed by atoms with E-state index in [1.165, 1.54) is 4.90 Å². The average molecular weight is 344 g/mol. The van der Waals surface area contributed by atoms with Crippen molar-refractivity contribution in [1.29, 1.82) is 0 Å². The standard InChI is InChI=1S/C15H25N5O2.ClH/c1-2-3-8-19(11-14(16)21)15(22)13-6-9-20(18-13)12-5-4-7-17-10-12;/h6,9,12,17H,2-5,7-8,10-11H2,1H3,(H2,16,21);1H. The normalized spacial score (nSPS) is 17.3. The molecule has 1 aliphatic heterocycles. The summed E-state index contributed by atoms with van der Waals surface area (Å²) in [5, 5.41) is 7.73. The zero-order chi connectivity index (χ0) is 15.9. The molecule has 1 fully saturated rings. The summed E-state index contributed by atoms with van der Waals surface area (Å²) in [7, 11) is 0. The number of nitrogens with zero attached hydrogens (tertiary/aromatic N) is 3. The van der Waals surface area contributed by atoms with Gasteiger partial charge in [-0.3, -0.25) is 14.3 Å². The molecule has 1 unspecified atom stereocenters. The minimum atomic E-state index is -0.500. The third-order valence-corrected chi connectivity index (χ3v) is 3.89. The smallest absolute Gasteiger partial charge is 0.274 e. The van der Waals surface area contributed by atoms with Gasteiger partial charge in [0.2, 0.25) is 5.91 Å². The summed E-state index contributed by atoms with van der Waals surface area (Å²) in [6.07, 6.45) is 5.80. The monoisotopic (exact) mass is 343 g/mol. The highest BCUT2D eigenvalue weighted by Gasteiger charge is 2.22. The Hall–Kier alpha value is -1.60. The van der Waals surface area contributed by atoms with E-state index in [9.17, 15) is 9.59 Å². The molecule has 130 valence electrons. The number of amides is 2. The van der Waals surface area contributed by atoms with Crippen LogP contribution < -0.4 is 11.1 Å². The lowest BCUT2D eigenvalue weighted by Crippen LogP contribution is -2.39. The maximum absolute atomic E-state index is 12.5. The van der Waals surface area contributed by atoms with Crippen LogP contribution in [-0.2, 0) is 4.79 Å². The second-order valence-electron chi connectivity index (χ2n) is 5.73. The van der Waals surface area contributed by atoms with E-state index in [1.54, 1.807) is 6.07 Å². The Bertz CT molecular complexity index is 514. The third-order valence-electron chi connectivity index (χ3n) is 3.89. The summed E-state index contributed by atoms with van der Waals surface area (Å²) in [6.45, 7) is 4.41. The first-order valence-electron chi connectivity index (χ1n) is 7.95. The van der Waals surface area contributed by atoms with Crippen LogP contribution in [0.15, 0.2) is 12.3 Å². The second-order valence-corrected chi connectivity index (χ2v) is 5.73. The van der Waals surface area contributed by atoms with E-state index < -0.39 is 5.91 Å². The Morgan fingerprint density at radius 1 is 1.52 bits per heavy atom. The first kappa shape index (κ1) is 19.4. The third kappa shape index (κ3) is 5.51. The molecule has 1 atom stereocenters. The molecule has 1 aromatic heterocycles. The maximum atomic E-state index is 12.5. The Morgan fingerprint density at radius 3 is 2.91 bits per heavy atom. The number of hydrogen-bond acceptors (Lipinski definition) is 4. The molecule has 1 aromatic rings. The van der Waals surface area contributed by atoms with E-state index in [2.05, 4.69) is 10.4 Å². The SMILES string of the molecule is CCCCN(CC(N)=O)C(=O)c1ccn(C2CCCNC2)n1.Cl. The molecule has 0 saturated carbocycles. The second kappa shape index (κ2) is 9.52. The van der Waals surface area contributed by atoms with E-state index in [0.29, 0.717) is 12.2 Å². The van der Waals surface area contributed by atoms with E-state index in [1.807, 2.05) is 17.8 Å². The summed E-state index contributed by atoms with van der Waals surface area (Å²) >= 11 is 0. The first-order chi connectivity index (χ1) is 10.6. The van der Waals surface area contributed by atoms with Gasteiger partial charge < -0.3 is 16.0 Å². The summed E-state index contributed by atoms with van der Waals surface area (Å²) in [4.78, 5) is 25.1. The van der Waals surface area contributed by atoms with E-state index in [-0.39, 0.29) is 30.9 Å². The van der Waals surface area contributed by atoms with Gasteiger partial charge in [0.05, 0.1) is 12.6 Å². The number of nitrogens with two attached hydrogens (primary N) is 1. The lowest BCUT2D eigenvalue weighted by atomic mass is 10.1. The Kier molecular flexibility index (Phi) is 8.05. The maximum Gasteiger partial charge on any atom is 0.274 e. The van der Waals surface area contributed by atoms with Gasteiger partial charge in [0.25, 0.3) is 5.91 Å². The number of carbonyl (C=O) groups is 2. The quantitative estimate of drug-likeness (QED) is 0.771. The minimum Gasteiger partial charge on any atom is -0.368 e. The molecule has 2 amide bonds. The van der Waals surface area contributed by atoms with Crippen molar-refractivity contribution in [1.82, 2.24) is 20.0 Å². The average Bonchev–Trinajstić information content (AvgIpc) is 3.01. The molecule has 1 saturated heterocycles. The summed E-state index contributed by atoms with van der Waals surface area (Å²) < 4.78 is 1.85. The van der Waals surface area contributed by atoms with Crippen molar-refractivity contribution in [2.24, 2.45) is 5.73 Å². The van der Waals surface area contributed by atoms with Crippen LogP contribution in [0.25, 0.3) is 0 Å². The molecule has 8 heteroatoms. The van der Waals surface area contributed by atoms with Crippen LogP contribution in [0.3, 0.4) is 0 Å². The predicted molar refractivity (Wildman–Crippen MR) is 90.6 cm³/mol.